The molecule has 1 N–H and O–H groups in total. The van der Waals surface area contributed by atoms with E-state index in [1.54, 1.807) is 0 Å². The van der Waals surface area contributed by atoms with Gasteiger partial charge in [-0.25, -0.2) is 0 Å². The number of carbonyl (C=O) groups is 1. The Morgan fingerprint density at radius 1 is 1.11 bits per heavy atom. The highest BCUT2D eigenvalue weighted by atomic mass is 35.5. The molecule has 0 fully saturated rings. The lowest BCUT2D eigenvalue weighted by Crippen LogP contribution is -2.16. The van der Waals surface area contributed by atoms with E-state index < -0.39 is 17.6 Å². The lowest BCUT2D eigenvalue weighted by atomic mass is 10.1. The lowest BCUT2D eigenvalue weighted by Gasteiger charge is -2.15. The third kappa shape index (κ3) is 5.78. The molecule has 0 aliphatic rings. The van der Waals surface area contributed by atoms with Crippen molar-refractivity contribution >= 4 is 34.8 Å². The van der Waals surface area contributed by atoms with Crippen LogP contribution >= 0.6 is 23.2 Å². The van der Waals surface area contributed by atoms with Gasteiger partial charge < -0.3 is 10.1 Å². The molecule has 2 rings (SSSR count). The Hall–Kier alpha value is -1.92. The second kappa shape index (κ2) is 9.33. The van der Waals surface area contributed by atoms with E-state index >= 15 is 0 Å². The fourth-order valence-electron chi connectivity index (χ4n) is 2.39. The van der Waals surface area contributed by atoms with Crippen LogP contribution in [-0.2, 0) is 6.18 Å². The van der Waals surface area contributed by atoms with Gasteiger partial charge in [0.25, 0.3) is 5.91 Å². The molecule has 0 saturated heterocycles. The summed E-state index contributed by atoms with van der Waals surface area (Å²) in [6, 6.07) is 7.34. The molecule has 2 aromatic rings. The zero-order valence-corrected chi connectivity index (χ0v) is 16.0. The Kier molecular flexibility index (Phi) is 7.39. The summed E-state index contributed by atoms with van der Waals surface area (Å²) in [5.74, 6) is -0.505. The third-order valence-corrected chi connectivity index (χ3v) is 4.30. The Labute approximate surface area is 165 Å². The number of rotatable bonds is 7. The predicted octanol–water partition coefficient (Wildman–Crippen LogP) is 6.83. The van der Waals surface area contributed by atoms with Crippen molar-refractivity contribution in [2.24, 2.45) is 0 Å². The number of benzene rings is 2. The van der Waals surface area contributed by atoms with E-state index in [0.29, 0.717) is 6.61 Å². The quantitative estimate of drug-likeness (QED) is 0.499. The largest absolute Gasteiger partial charge is 0.490 e. The molecule has 1 amide bonds. The lowest BCUT2D eigenvalue weighted by molar-refractivity contribution is -0.136. The molecule has 8 heteroatoms. The summed E-state index contributed by atoms with van der Waals surface area (Å²) in [7, 11) is 0. The molecular formula is C19H18Cl2F3NO2. The molecular weight excluding hydrogens is 402 g/mol. The van der Waals surface area contributed by atoms with E-state index in [0.717, 1.165) is 25.3 Å². The number of unbranched alkanes of at least 4 members (excludes halogenated alkanes) is 2. The zero-order valence-electron chi connectivity index (χ0n) is 14.5. The zero-order chi connectivity index (χ0) is 20.0. The van der Waals surface area contributed by atoms with Gasteiger partial charge in [-0.05, 0) is 30.7 Å². The monoisotopic (exact) mass is 419 g/mol. The molecule has 0 saturated carbocycles. The number of para-hydroxylation sites is 1. The molecule has 27 heavy (non-hydrogen) atoms. The van der Waals surface area contributed by atoms with E-state index in [1.807, 2.05) is 0 Å². The molecule has 0 spiro atoms. The topological polar surface area (TPSA) is 38.3 Å². The van der Waals surface area contributed by atoms with Crippen LogP contribution in [0, 0.1) is 0 Å². The van der Waals surface area contributed by atoms with Gasteiger partial charge in [0.2, 0.25) is 0 Å². The van der Waals surface area contributed by atoms with Crippen molar-refractivity contribution in [3.05, 3.63) is 57.6 Å². The minimum Gasteiger partial charge on any atom is -0.490 e. The van der Waals surface area contributed by atoms with Crippen molar-refractivity contribution in [1.82, 2.24) is 0 Å². The van der Waals surface area contributed by atoms with Gasteiger partial charge in [-0.1, -0.05) is 55.1 Å². The molecule has 0 radical (unpaired) electrons. The highest BCUT2D eigenvalue weighted by Gasteiger charge is 2.33. The summed E-state index contributed by atoms with van der Waals surface area (Å²) >= 11 is 12.3. The van der Waals surface area contributed by atoms with Gasteiger partial charge in [0, 0.05) is 5.56 Å². The number of hydrogen-bond acceptors (Lipinski definition) is 2. The van der Waals surface area contributed by atoms with Crippen LogP contribution < -0.4 is 10.1 Å². The molecule has 3 nitrogen and oxygen atoms in total. The van der Waals surface area contributed by atoms with Crippen molar-refractivity contribution in [1.29, 1.82) is 0 Å². The molecule has 2 aromatic carbocycles. The van der Waals surface area contributed by atoms with Crippen LogP contribution in [0.3, 0.4) is 0 Å². The normalized spacial score (nSPS) is 11.3. The fourth-order valence-corrected chi connectivity index (χ4v) is 2.99. The summed E-state index contributed by atoms with van der Waals surface area (Å²) in [5, 5.41) is 2.49. The van der Waals surface area contributed by atoms with Crippen molar-refractivity contribution in [3.63, 3.8) is 0 Å². The molecule has 146 valence electrons. The van der Waals surface area contributed by atoms with E-state index in [9.17, 15) is 18.0 Å². The molecule has 0 aromatic heterocycles. The fraction of sp³-hybridized carbons (Fsp3) is 0.316. The number of hydrogen-bond donors (Lipinski definition) is 1. The highest BCUT2D eigenvalue weighted by Crippen LogP contribution is 2.36. The van der Waals surface area contributed by atoms with Crippen LogP contribution in [0.5, 0.6) is 5.75 Å². The average molecular weight is 420 g/mol. The van der Waals surface area contributed by atoms with Crippen molar-refractivity contribution < 1.29 is 22.7 Å². The molecule has 0 bridgehead atoms. The number of anilines is 1. The highest BCUT2D eigenvalue weighted by molar-refractivity contribution is 6.37. The summed E-state index contributed by atoms with van der Waals surface area (Å²) in [6.45, 7) is 2.49. The minimum atomic E-state index is -4.59. The summed E-state index contributed by atoms with van der Waals surface area (Å²) < 4.78 is 44.7. The number of carbonyl (C=O) groups excluding carboxylic acids is 1. The van der Waals surface area contributed by atoms with Gasteiger partial charge in [0.15, 0.2) is 5.75 Å². The smallest absolute Gasteiger partial charge is 0.418 e. The predicted molar refractivity (Wildman–Crippen MR) is 101 cm³/mol. The second-order valence-electron chi connectivity index (χ2n) is 5.82. The summed E-state index contributed by atoms with van der Waals surface area (Å²) in [6.07, 6.45) is -1.73. The molecule has 0 aliphatic carbocycles. The van der Waals surface area contributed by atoms with Crippen molar-refractivity contribution in [2.45, 2.75) is 32.4 Å². The van der Waals surface area contributed by atoms with Gasteiger partial charge in [0.1, 0.15) is 0 Å². The minimum absolute atomic E-state index is 0.0304. The van der Waals surface area contributed by atoms with Crippen LogP contribution in [0.25, 0.3) is 0 Å². The van der Waals surface area contributed by atoms with Crippen LogP contribution in [0.4, 0.5) is 18.9 Å². The first-order valence-electron chi connectivity index (χ1n) is 8.33. The number of ether oxygens (including phenoxy) is 1. The Morgan fingerprint density at radius 3 is 2.33 bits per heavy atom. The maximum Gasteiger partial charge on any atom is 0.418 e. The maximum absolute atomic E-state index is 13.0. The van der Waals surface area contributed by atoms with Gasteiger partial charge in [-0.15, -0.1) is 0 Å². The van der Waals surface area contributed by atoms with Crippen molar-refractivity contribution in [2.75, 3.05) is 11.9 Å². The Balaban J connectivity index is 2.18. The number of halogens is 5. The first-order valence-corrected chi connectivity index (χ1v) is 9.09. The number of nitrogens with one attached hydrogen (secondary N) is 1. The Morgan fingerprint density at radius 2 is 1.74 bits per heavy atom. The first-order chi connectivity index (χ1) is 12.7. The molecule has 0 unspecified atom stereocenters. The summed E-state index contributed by atoms with van der Waals surface area (Å²) in [5.41, 5.74) is -1.25. The Bertz CT molecular complexity index is 787. The van der Waals surface area contributed by atoms with Gasteiger partial charge in [-0.2, -0.15) is 13.2 Å². The van der Waals surface area contributed by atoms with Crippen LogP contribution in [0.2, 0.25) is 10.0 Å². The van der Waals surface area contributed by atoms with Crippen LogP contribution in [0.15, 0.2) is 36.4 Å². The maximum atomic E-state index is 13.0. The number of amides is 1. The summed E-state index contributed by atoms with van der Waals surface area (Å²) in [4.78, 5) is 12.4. The average Bonchev–Trinajstić information content (AvgIpc) is 2.59. The SMILES string of the molecule is CCCCCOc1c(Cl)cc(C(=O)Nc2ccccc2C(F)(F)F)cc1Cl. The standard InChI is InChI=1S/C19H18Cl2F3NO2/c1-2-3-6-9-27-17-14(20)10-12(11-15(17)21)18(26)25-16-8-5-4-7-13(16)19(22,23)24/h4-5,7-8,10-11H,2-3,6,9H2,1H3,(H,25,26). The van der Waals surface area contributed by atoms with Gasteiger partial charge in [0.05, 0.1) is 27.9 Å². The van der Waals surface area contributed by atoms with Crippen molar-refractivity contribution in [3.8, 4) is 5.75 Å². The van der Waals surface area contributed by atoms with Gasteiger partial charge in [-0.3, -0.25) is 4.79 Å². The van der Waals surface area contributed by atoms with Crippen LogP contribution in [0.1, 0.15) is 42.1 Å². The third-order valence-electron chi connectivity index (χ3n) is 3.74. The van der Waals surface area contributed by atoms with E-state index in [4.69, 9.17) is 27.9 Å². The van der Waals surface area contributed by atoms with Gasteiger partial charge >= 0.3 is 6.18 Å². The van der Waals surface area contributed by atoms with E-state index in [-0.39, 0.29) is 27.0 Å². The molecule has 0 aliphatic heterocycles. The van der Waals surface area contributed by atoms with E-state index in [2.05, 4.69) is 12.2 Å². The first kappa shape index (κ1) is 21.4. The second-order valence-corrected chi connectivity index (χ2v) is 6.64. The number of alkyl halides is 3. The molecule has 0 atom stereocenters. The van der Waals surface area contributed by atoms with E-state index in [1.165, 1.54) is 30.3 Å². The van der Waals surface area contributed by atoms with Crippen LogP contribution in [-0.4, -0.2) is 12.5 Å². The molecule has 0 heterocycles.